The molecule has 20 heavy (non-hydrogen) atoms. The molecule has 1 atom stereocenters. The molecule has 1 saturated heterocycles. The highest BCUT2D eigenvalue weighted by atomic mass is 16.6. The zero-order chi connectivity index (χ0) is 13.9. The van der Waals surface area contributed by atoms with Gasteiger partial charge in [0.1, 0.15) is 13.2 Å². The van der Waals surface area contributed by atoms with Crippen LogP contribution in [0.4, 0.5) is 5.69 Å². The molecular formula is C16H24N2O2. The zero-order valence-electron chi connectivity index (χ0n) is 12.4. The van der Waals surface area contributed by atoms with Crippen LogP contribution >= 0.6 is 0 Å². The summed E-state index contributed by atoms with van der Waals surface area (Å²) >= 11 is 0. The number of ether oxygens (including phenoxy) is 2. The minimum atomic E-state index is 0.564. The summed E-state index contributed by atoms with van der Waals surface area (Å²) < 4.78 is 11.7. The summed E-state index contributed by atoms with van der Waals surface area (Å²) in [5.74, 6) is 1.85. The van der Waals surface area contributed by atoms with Crippen LogP contribution in [0.15, 0.2) is 12.1 Å². The van der Waals surface area contributed by atoms with Crippen LogP contribution in [0, 0.1) is 0 Å². The fraction of sp³-hybridized carbons (Fsp3) is 0.625. The fourth-order valence-electron chi connectivity index (χ4n) is 3.08. The van der Waals surface area contributed by atoms with Crippen molar-refractivity contribution in [3.63, 3.8) is 0 Å². The van der Waals surface area contributed by atoms with E-state index in [9.17, 15) is 0 Å². The van der Waals surface area contributed by atoms with Crippen LogP contribution in [-0.4, -0.2) is 38.9 Å². The van der Waals surface area contributed by atoms with Crippen molar-refractivity contribution in [2.24, 2.45) is 0 Å². The van der Waals surface area contributed by atoms with E-state index in [4.69, 9.17) is 9.47 Å². The fourth-order valence-corrected chi connectivity index (χ4v) is 3.08. The lowest BCUT2D eigenvalue weighted by atomic mass is 10.0. The summed E-state index contributed by atoms with van der Waals surface area (Å²) in [6.45, 7) is 8.85. The van der Waals surface area contributed by atoms with E-state index in [1.807, 2.05) is 0 Å². The SMILES string of the molecule is CCc1ccc2c(c1N1CCNC(CC)C1)OCCO2. The first kappa shape index (κ1) is 13.6. The maximum atomic E-state index is 5.93. The second-order valence-corrected chi connectivity index (χ2v) is 5.46. The molecule has 0 aromatic heterocycles. The molecule has 1 aromatic rings. The molecule has 2 aliphatic heterocycles. The molecule has 110 valence electrons. The summed E-state index contributed by atoms with van der Waals surface area (Å²) in [5.41, 5.74) is 2.61. The molecule has 0 bridgehead atoms. The molecule has 3 rings (SSSR count). The Kier molecular flexibility index (Phi) is 4.01. The van der Waals surface area contributed by atoms with Gasteiger partial charge in [-0.2, -0.15) is 0 Å². The third-order valence-corrected chi connectivity index (χ3v) is 4.21. The Bertz CT molecular complexity index is 476. The topological polar surface area (TPSA) is 33.7 Å². The smallest absolute Gasteiger partial charge is 0.184 e. The second kappa shape index (κ2) is 5.92. The van der Waals surface area contributed by atoms with E-state index >= 15 is 0 Å². The summed E-state index contributed by atoms with van der Waals surface area (Å²) in [5, 5.41) is 3.57. The molecule has 0 aliphatic carbocycles. The largest absolute Gasteiger partial charge is 0.486 e. The van der Waals surface area contributed by atoms with E-state index in [-0.39, 0.29) is 0 Å². The number of nitrogens with zero attached hydrogens (tertiary/aromatic N) is 1. The Balaban J connectivity index is 1.97. The summed E-state index contributed by atoms with van der Waals surface area (Å²) in [7, 11) is 0. The Morgan fingerprint density at radius 2 is 2.10 bits per heavy atom. The Morgan fingerprint density at radius 1 is 1.25 bits per heavy atom. The minimum absolute atomic E-state index is 0.564. The number of nitrogens with one attached hydrogen (secondary N) is 1. The molecule has 1 fully saturated rings. The highest BCUT2D eigenvalue weighted by molar-refractivity contribution is 5.70. The van der Waals surface area contributed by atoms with Gasteiger partial charge in [0, 0.05) is 25.7 Å². The van der Waals surface area contributed by atoms with Crippen molar-refractivity contribution >= 4 is 5.69 Å². The van der Waals surface area contributed by atoms with Gasteiger partial charge in [0.25, 0.3) is 0 Å². The lowest BCUT2D eigenvalue weighted by Gasteiger charge is -2.37. The van der Waals surface area contributed by atoms with E-state index in [2.05, 4.69) is 36.2 Å². The molecule has 0 saturated carbocycles. The Labute approximate surface area is 121 Å². The minimum Gasteiger partial charge on any atom is -0.486 e. The van der Waals surface area contributed by atoms with Crippen LogP contribution in [0.2, 0.25) is 0 Å². The average molecular weight is 276 g/mol. The van der Waals surface area contributed by atoms with Crippen LogP contribution < -0.4 is 19.7 Å². The second-order valence-electron chi connectivity index (χ2n) is 5.46. The molecule has 1 unspecified atom stereocenters. The number of fused-ring (bicyclic) bond motifs is 1. The predicted octanol–water partition coefficient (Wildman–Crippen LogP) is 2.21. The van der Waals surface area contributed by atoms with Gasteiger partial charge in [-0.1, -0.05) is 19.9 Å². The maximum absolute atomic E-state index is 5.93. The van der Waals surface area contributed by atoms with Gasteiger partial charge < -0.3 is 19.7 Å². The van der Waals surface area contributed by atoms with Gasteiger partial charge in [-0.05, 0) is 24.5 Å². The number of anilines is 1. The Hall–Kier alpha value is -1.42. The van der Waals surface area contributed by atoms with Crippen LogP contribution in [0.3, 0.4) is 0 Å². The van der Waals surface area contributed by atoms with E-state index < -0.39 is 0 Å². The first-order valence-corrected chi connectivity index (χ1v) is 7.73. The van der Waals surface area contributed by atoms with Crippen molar-refractivity contribution in [1.29, 1.82) is 0 Å². The maximum Gasteiger partial charge on any atom is 0.184 e. The first-order chi connectivity index (χ1) is 9.83. The zero-order valence-corrected chi connectivity index (χ0v) is 12.4. The van der Waals surface area contributed by atoms with E-state index in [0.29, 0.717) is 19.3 Å². The van der Waals surface area contributed by atoms with Gasteiger partial charge in [0.15, 0.2) is 11.5 Å². The molecule has 0 spiro atoms. The van der Waals surface area contributed by atoms with Crippen molar-refractivity contribution in [2.45, 2.75) is 32.7 Å². The van der Waals surface area contributed by atoms with Crippen molar-refractivity contribution in [3.05, 3.63) is 17.7 Å². The van der Waals surface area contributed by atoms with Crippen LogP contribution in [0.25, 0.3) is 0 Å². The number of benzene rings is 1. The van der Waals surface area contributed by atoms with Gasteiger partial charge in [-0.15, -0.1) is 0 Å². The van der Waals surface area contributed by atoms with Crippen molar-refractivity contribution in [2.75, 3.05) is 37.7 Å². The normalized spacial score (nSPS) is 21.9. The highest BCUT2D eigenvalue weighted by Crippen LogP contribution is 2.42. The van der Waals surface area contributed by atoms with Crippen LogP contribution in [0.5, 0.6) is 11.5 Å². The molecule has 1 N–H and O–H groups in total. The number of hydrogen-bond acceptors (Lipinski definition) is 4. The molecule has 2 heterocycles. The van der Waals surface area contributed by atoms with Gasteiger partial charge in [0.2, 0.25) is 0 Å². The van der Waals surface area contributed by atoms with Crippen molar-refractivity contribution in [1.82, 2.24) is 5.32 Å². The lowest BCUT2D eigenvalue weighted by Crippen LogP contribution is -2.50. The van der Waals surface area contributed by atoms with Crippen LogP contribution in [-0.2, 0) is 6.42 Å². The molecule has 2 aliphatic rings. The van der Waals surface area contributed by atoms with E-state index in [1.165, 1.54) is 11.3 Å². The van der Waals surface area contributed by atoms with Crippen LogP contribution in [0.1, 0.15) is 25.8 Å². The molecule has 4 heteroatoms. The van der Waals surface area contributed by atoms with Crippen molar-refractivity contribution in [3.8, 4) is 11.5 Å². The van der Waals surface area contributed by atoms with E-state index in [0.717, 1.165) is 44.0 Å². The third-order valence-electron chi connectivity index (χ3n) is 4.21. The molecular weight excluding hydrogens is 252 g/mol. The molecule has 4 nitrogen and oxygen atoms in total. The lowest BCUT2D eigenvalue weighted by molar-refractivity contribution is 0.171. The van der Waals surface area contributed by atoms with E-state index in [1.54, 1.807) is 0 Å². The predicted molar refractivity (Wildman–Crippen MR) is 81.1 cm³/mol. The number of piperazine rings is 1. The van der Waals surface area contributed by atoms with Crippen molar-refractivity contribution < 1.29 is 9.47 Å². The quantitative estimate of drug-likeness (QED) is 0.918. The first-order valence-electron chi connectivity index (χ1n) is 7.73. The van der Waals surface area contributed by atoms with Gasteiger partial charge in [0.05, 0.1) is 5.69 Å². The summed E-state index contributed by atoms with van der Waals surface area (Å²) in [4.78, 5) is 2.47. The standard InChI is InChI=1S/C16H24N2O2/c1-3-12-5-6-14-16(20-10-9-19-14)15(12)18-8-7-17-13(4-2)11-18/h5-6,13,17H,3-4,7-11H2,1-2H3. The molecule has 1 aromatic carbocycles. The highest BCUT2D eigenvalue weighted by Gasteiger charge is 2.26. The molecule has 0 amide bonds. The third kappa shape index (κ3) is 2.44. The summed E-state index contributed by atoms with van der Waals surface area (Å²) in [6, 6.07) is 4.80. The Morgan fingerprint density at radius 3 is 2.90 bits per heavy atom. The summed E-state index contributed by atoms with van der Waals surface area (Å²) in [6.07, 6.45) is 2.18. The van der Waals surface area contributed by atoms with Gasteiger partial charge in [-0.3, -0.25) is 0 Å². The average Bonchev–Trinajstić information content (AvgIpc) is 2.53. The number of hydrogen-bond donors (Lipinski definition) is 1. The van der Waals surface area contributed by atoms with Gasteiger partial charge in [-0.25, -0.2) is 0 Å². The number of rotatable bonds is 3. The molecule has 0 radical (unpaired) electrons. The number of aryl methyl sites for hydroxylation is 1. The monoisotopic (exact) mass is 276 g/mol. The van der Waals surface area contributed by atoms with Gasteiger partial charge >= 0.3 is 0 Å².